The number of hydrogen-bond donors (Lipinski definition) is 1. The number of ether oxygens (including phenoxy) is 2. The maximum atomic E-state index is 12.9. The topological polar surface area (TPSA) is 97.8 Å². The van der Waals surface area contributed by atoms with E-state index in [1.807, 2.05) is 18.2 Å². The lowest BCUT2D eigenvalue weighted by atomic mass is 10.2. The summed E-state index contributed by atoms with van der Waals surface area (Å²) in [6.45, 7) is 0.945. The lowest BCUT2D eigenvalue weighted by Crippen LogP contribution is -2.36. The van der Waals surface area contributed by atoms with E-state index in [1.54, 1.807) is 0 Å². The minimum atomic E-state index is -3.74. The number of halogens is 1. The van der Waals surface area contributed by atoms with Gasteiger partial charge in [-0.3, -0.25) is 10.1 Å². The Labute approximate surface area is 193 Å². The van der Waals surface area contributed by atoms with Crippen LogP contribution in [0.3, 0.4) is 0 Å². The summed E-state index contributed by atoms with van der Waals surface area (Å²) in [4.78, 5) is 17.1. The van der Waals surface area contributed by atoms with Crippen LogP contribution >= 0.6 is 27.3 Å². The Bertz CT molecular complexity index is 1140. The minimum absolute atomic E-state index is 0.0982. The minimum Gasteiger partial charge on any atom is -0.383 e. The first-order valence-electron chi connectivity index (χ1n) is 9.30. The molecule has 0 saturated heterocycles. The Morgan fingerprint density at radius 2 is 1.74 bits per heavy atom. The molecule has 2 aromatic carbocycles. The SMILES string of the molecule is COCCN(CCOC)S(=O)(=O)c1ccc(C(=O)Nc2nc3ccc(Br)cc3s2)cc1. The molecule has 1 N–H and O–H groups in total. The zero-order valence-electron chi connectivity index (χ0n) is 17.0. The molecule has 0 saturated carbocycles. The second-order valence-corrected chi connectivity index (χ2v) is 10.4. The molecule has 0 spiro atoms. The van der Waals surface area contributed by atoms with E-state index in [4.69, 9.17) is 9.47 Å². The van der Waals surface area contributed by atoms with Gasteiger partial charge in [0.15, 0.2) is 5.13 Å². The molecule has 31 heavy (non-hydrogen) atoms. The van der Waals surface area contributed by atoms with Crippen molar-refractivity contribution < 1.29 is 22.7 Å². The summed E-state index contributed by atoms with van der Waals surface area (Å²) >= 11 is 4.78. The van der Waals surface area contributed by atoms with Crippen LogP contribution < -0.4 is 5.32 Å². The molecule has 11 heteroatoms. The normalized spacial score (nSPS) is 11.9. The molecule has 1 amide bonds. The molecule has 3 aromatic rings. The number of carbonyl (C=O) groups excluding carboxylic acids is 1. The summed E-state index contributed by atoms with van der Waals surface area (Å²) in [5, 5.41) is 3.24. The van der Waals surface area contributed by atoms with Crippen molar-refractivity contribution in [2.45, 2.75) is 4.90 Å². The van der Waals surface area contributed by atoms with Crippen LogP contribution in [0.2, 0.25) is 0 Å². The largest absolute Gasteiger partial charge is 0.383 e. The van der Waals surface area contributed by atoms with Gasteiger partial charge in [0, 0.05) is 37.3 Å². The van der Waals surface area contributed by atoms with Gasteiger partial charge in [0.2, 0.25) is 10.0 Å². The summed E-state index contributed by atoms with van der Waals surface area (Å²) in [7, 11) is -0.716. The van der Waals surface area contributed by atoms with E-state index in [0.29, 0.717) is 10.7 Å². The molecule has 0 fully saturated rings. The van der Waals surface area contributed by atoms with Crippen molar-refractivity contribution in [3.63, 3.8) is 0 Å². The number of aromatic nitrogens is 1. The van der Waals surface area contributed by atoms with Gasteiger partial charge in [-0.1, -0.05) is 27.3 Å². The highest BCUT2D eigenvalue weighted by Gasteiger charge is 2.24. The third kappa shape index (κ3) is 5.88. The van der Waals surface area contributed by atoms with E-state index in [9.17, 15) is 13.2 Å². The molecular formula is C20H22BrN3O5S2. The number of nitrogens with one attached hydrogen (secondary N) is 1. The first kappa shape index (κ1) is 23.8. The number of sulfonamides is 1. The number of carbonyl (C=O) groups is 1. The quantitative estimate of drug-likeness (QED) is 0.432. The highest BCUT2D eigenvalue weighted by molar-refractivity contribution is 9.10. The standard InChI is InChI=1S/C20H22BrN3O5S2/c1-28-11-9-24(10-12-29-2)31(26,27)16-6-3-14(4-7-16)19(25)23-20-22-17-8-5-15(21)13-18(17)30-20/h3-8,13H,9-12H2,1-2H3,(H,22,23,25). The Balaban J connectivity index is 1.74. The molecule has 0 bridgehead atoms. The fraction of sp³-hybridized carbons (Fsp3) is 0.300. The van der Waals surface area contributed by atoms with Gasteiger partial charge in [-0.05, 0) is 42.5 Å². The number of amides is 1. The van der Waals surface area contributed by atoms with Crippen LogP contribution in [0.1, 0.15) is 10.4 Å². The van der Waals surface area contributed by atoms with Crippen LogP contribution in [0, 0.1) is 0 Å². The van der Waals surface area contributed by atoms with Crippen molar-refractivity contribution in [3.8, 4) is 0 Å². The molecular weight excluding hydrogens is 506 g/mol. The van der Waals surface area contributed by atoms with E-state index in [-0.39, 0.29) is 37.1 Å². The second kappa shape index (κ2) is 10.6. The van der Waals surface area contributed by atoms with Crippen molar-refractivity contribution in [2.75, 3.05) is 45.8 Å². The number of benzene rings is 2. The zero-order valence-corrected chi connectivity index (χ0v) is 20.2. The van der Waals surface area contributed by atoms with Gasteiger partial charge in [0.25, 0.3) is 5.91 Å². The molecule has 0 radical (unpaired) electrons. The van der Waals surface area contributed by atoms with Gasteiger partial charge < -0.3 is 9.47 Å². The van der Waals surface area contributed by atoms with Gasteiger partial charge in [0.1, 0.15) is 0 Å². The third-order valence-corrected chi connectivity index (χ3v) is 7.75. The maximum absolute atomic E-state index is 12.9. The summed E-state index contributed by atoms with van der Waals surface area (Å²) in [5.74, 6) is -0.363. The maximum Gasteiger partial charge on any atom is 0.257 e. The van der Waals surface area contributed by atoms with Crippen LogP contribution in [0.25, 0.3) is 10.2 Å². The van der Waals surface area contributed by atoms with Gasteiger partial charge in [-0.2, -0.15) is 4.31 Å². The van der Waals surface area contributed by atoms with Crippen LogP contribution in [0.15, 0.2) is 51.8 Å². The monoisotopic (exact) mass is 527 g/mol. The molecule has 166 valence electrons. The summed E-state index contributed by atoms with van der Waals surface area (Å²) in [6, 6.07) is 11.5. The van der Waals surface area contributed by atoms with Crippen LogP contribution in [0.5, 0.6) is 0 Å². The average molecular weight is 528 g/mol. The number of thiazole rings is 1. The lowest BCUT2D eigenvalue weighted by molar-refractivity contribution is 0.102. The highest BCUT2D eigenvalue weighted by atomic mass is 79.9. The molecule has 0 unspecified atom stereocenters. The van der Waals surface area contributed by atoms with E-state index >= 15 is 0 Å². The lowest BCUT2D eigenvalue weighted by Gasteiger charge is -2.21. The predicted octanol–water partition coefficient (Wildman–Crippen LogP) is 3.59. The Morgan fingerprint density at radius 3 is 2.35 bits per heavy atom. The average Bonchev–Trinajstić information content (AvgIpc) is 3.15. The number of nitrogens with zero attached hydrogens (tertiary/aromatic N) is 2. The van der Waals surface area contributed by atoms with Crippen molar-refractivity contribution in [2.24, 2.45) is 0 Å². The van der Waals surface area contributed by atoms with E-state index in [2.05, 4.69) is 26.2 Å². The van der Waals surface area contributed by atoms with Gasteiger partial charge in [0.05, 0.1) is 28.3 Å². The van der Waals surface area contributed by atoms with Gasteiger partial charge in [-0.25, -0.2) is 13.4 Å². The molecule has 3 rings (SSSR count). The molecule has 1 heterocycles. The van der Waals surface area contributed by atoms with Crippen LogP contribution in [-0.4, -0.2) is 64.1 Å². The van der Waals surface area contributed by atoms with E-state index < -0.39 is 10.0 Å². The predicted molar refractivity (Wildman–Crippen MR) is 124 cm³/mol. The molecule has 1 aromatic heterocycles. The molecule has 0 aliphatic carbocycles. The smallest absolute Gasteiger partial charge is 0.257 e. The first-order valence-corrected chi connectivity index (χ1v) is 12.4. The highest BCUT2D eigenvalue weighted by Crippen LogP contribution is 2.28. The number of anilines is 1. The fourth-order valence-electron chi connectivity index (χ4n) is 2.79. The zero-order chi connectivity index (χ0) is 22.4. The van der Waals surface area contributed by atoms with Crippen LogP contribution in [0.4, 0.5) is 5.13 Å². The Kier molecular flexibility index (Phi) is 8.14. The first-order chi connectivity index (χ1) is 14.8. The molecule has 0 atom stereocenters. The molecule has 8 nitrogen and oxygen atoms in total. The summed E-state index contributed by atoms with van der Waals surface area (Å²) in [5.41, 5.74) is 1.12. The number of rotatable bonds is 10. The van der Waals surface area contributed by atoms with Crippen molar-refractivity contribution in [1.29, 1.82) is 0 Å². The van der Waals surface area contributed by atoms with E-state index in [0.717, 1.165) is 14.7 Å². The fourth-order valence-corrected chi connectivity index (χ4v) is 5.61. The molecule has 0 aliphatic rings. The number of fused-ring (bicyclic) bond motifs is 1. The van der Waals surface area contributed by atoms with Gasteiger partial charge >= 0.3 is 0 Å². The second-order valence-electron chi connectivity index (χ2n) is 6.50. The van der Waals surface area contributed by atoms with Crippen molar-refractivity contribution in [3.05, 3.63) is 52.5 Å². The Morgan fingerprint density at radius 1 is 1.10 bits per heavy atom. The summed E-state index contributed by atoms with van der Waals surface area (Å²) in [6.07, 6.45) is 0. The Hall–Kier alpha value is -1.89. The molecule has 0 aliphatic heterocycles. The summed E-state index contributed by atoms with van der Waals surface area (Å²) < 4.78 is 39.1. The van der Waals surface area contributed by atoms with Crippen molar-refractivity contribution >= 4 is 58.5 Å². The third-order valence-electron chi connectivity index (χ3n) is 4.41. The van der Waals surface area contributed by atoms with E-state index in [1.165, 1.54) is 54.1 Å². The van der Waals surface area contributed by atoms with Gasteiger partial charge in [-0.15, -0.1) is 0 Å². The van der Waals surface area contributed by atoms with Crippen LogP contribution in [-0.2, 0) is 19.5 Å². The number of hydrogen-bond acceptors (Lipinski definition) is 7. The van der Waals surface area contributed by atoms with Crippen molar-refractivity contribution in [1.82, 2.24) is 9.29 Å². The number of methoxy groups -OCH3 is 2.